The van der Waals surface area contributed by atoms with Crippen molar-refractivity contribution in [3.05, 3.63) is 18.2 Å². The van der Waals surface area contributed by atoms with Crippen molar-refractivity contribution in [1.82, 2.24) is 4.31 Å². The minimum Gasteiger partial charge on any atom is -0.493 e. The summed E-state index contributed by atoms with van der Waals surface area (Å²) in [5, 5.41) is 0. The molecule has 1 heterocycles. The van der Waals surface area contributed by atoms with Crippen LogP contribution < -0.4 is 9.47 Å². The molecule has 2 atom stereocenters. The van der Waals surface area contributed by atoms with E-state index in [1.165, 1.54) is 20.3 Å². The van der Waals surface area contributed by atoms with Crippen molar-refractivity contribution in [1.29, 1.82) is 0 Å². The van der Waals surface area contributed by atoms with Gasteiger partial charge in [0.2, 0.25) is 10.0 Å². The summed E-state index contributed by atoms with van der Waals surface area (Å²) in [6.45, 7) is 5.32. The Labute approximate surface area is 126 Å². The van der Waals surface area contributed by atoms with Crippen LogP contribution in [0.2, 0.25) is 0 Å². The molecule has 1 aliphatic rings. The van der Waals surface area contributed by atoms with Crippen LogP contribution in [0.25, 0.3) is 0 Å². The van der Waals surface area contributed by atoms with Gasteiger partial charge in [-0.15, -0.1) is 0 Å². The van der Waals surface area contributed by atoms with Crippen molar-refractivity contribution < 1.29 is 17.9 Å². The maximum atomic E-state index is 12.8. The largest absolute Gasteiger partial charge is 0.493 e. The second-order valence-corrected chi connectivity index (χ2v) is 7.72. The lowest BCUT2D eigenvalue weighted by atomic mass is 9.94. The molecular weight excluding hydrogens is 290 g/mol. The van der Waals surface area contributed by atoms with Gasteiger partial charge in [0.25, 0.3) is 0 Å². The maximum Gasteiger partial charge on any atom is 0.243 e. The molecule has 0 bridgehead atoms. The second kappa shape index (κ2) is 6.23. The summed E-state index contributed by atoms with van der Waals surface area (Å²) in [4.78, 5) is 0.251. The van der Waals surface area contributed by atoms with Gasteiger partial charge in [-0.3, -0.25) is 0 Å². The van der Waals surface area contributed by atoms with Gasteiger partial charge in [0.15, 0.2) is 11.5 Å². The van der Waals surface area contributed by atoms with Crippen molar-refractivity contribution in [3.63, 3.8) is 0 Å². The summed E-state index contributed by atoms with van der Waals surface area (Å²) >= 11 is 0. The van der Waals surface area contributed by atoms with E-state index in [1.54, 1.807) is 16.4 Å². The molecule has 5 nitrogen and oxygen atoms in total. The molecule has 21 heavy (non-hydrogen) atoms. The number of benzene rings is 1. The third kappa shape index (κ3) is 3.32. The molecule has 0 saturated carbocycles. The zero-order valence-corrected chi connectivity index (χ0v) is 13.8. The highest BCUT2D eigenvalue weighted by Crippen LogP contribution is 2.32. The minimum atomic E-state index is -3.49. The smallest absolute Gasteiger partial charge is 0.243 e. The maximum absolute atomic E-state index is 12.8. The van der Waals surface area contributed by atoms with Gasteiger partial charge >= 0.3 is 0 Å². The fourth-order valence-corrected chi connectivity index (χ4v) is 4.62. The summed E-state index contributed by atoms with van der Waals surface area (Å²) in [6, 6.07) is 4.72. The topological polar surface area (TPSA) is 55.8 Å². The number of sulfonamides is 1. The van der Waals surface area contributed by atoms with Crippen molar-refractivity contribution >= 4 is 10.0 Å². The summed E-state index contributed by atoms with van der Waals surface area (Å²) in [5.74, 6) is 1.71. The van der Waals surface area contributed by atoms with Gasteiger partial charge in [0.1, 0.15) is 0 Å². The molecule has 118 valence electrons. The van der Waals surface area contributed by atoms with E-state index in [-0.39, 0.29) is 4.90 Å². The number of piperidine rings is 1. The molecular formula is C15H23NO4S. The van der Waals surface area contributed by atoms with Gasteiger partial charge in [-0.05, 0) is 30.4 Å². The van der Waals surface area contributed by atoms with Crippen LogP contribution in [0.4, 0.5) is 0 Å². The highest BCUT2D eigenvalue weighted by atomic mass is 32.2. The normalized spacial score (nSPS) is 23.8. The molecule has 1 fully saturated rings. The van der Waals surface area contributed by atoms with Crippen LogP contribution in [-0.2, 0) is 10.0 Å². The molecule has 0 spiro atoms. The Morgan fingerprint density at radius 1 is 1.05 bits per heavy atom. The molecule has 2 rings (SSSR count). The van der Waals surface area contributed by atoms with E-state index >= 15 is 0 Å². The van der Waals surface area contributed by atoms with Gasteiger partial charge < -0.3 is 9.47 Å². The van der Waals surface area contributed by atoms with Crippen LogP contribution in [0.3, 0.4) is 0 Å². The van der Waals surface area contributed by atoms with Crippen LogP contribution in [-0.4, -0.2) is 40.0 Å². The molecule has 0 N–H and O–H groups in total. The Bertz CT molecular complexity index is 590. The Kier molecular flexibility index (Phi) is 4.78. The first-order chi connectivity index (χ1) is 9.88. The van der Waals surface area contributed by atoms with E-state index in [0.717, 1.165) is 6.42 Å². The van der Waals surface area contributed by atoms with Crippen LogP contribution in [0.1, 0.15) is 20.3 Å². The number of methoxy groups -OCH3 is 2. The van der Waals surface area contributed by atoms with E-state index in [4.69, 9.17) is 9.47 Å². The van der Waals surface area contributed by atoms with Gasteiger partial charge in [-0.1, -0.05) is 13.8 Å². The number of rotatable bonds is 4. The SMILES string of the molecule is COc1ccc(S(=O)(=O)N2C[C@@H](C)C[C@H](C)C2)cc1OC. The van der Waals surface area contributed by atoms with E-state index in [2.05, 4.69) is 13.8 Å². The Balaban J connectivity index is 2.35. The fourth-order valence-electron chi connectivity index (χ4n) is 2.93. The highest BCUT2D eigenvalue weighted by Gasteiger charge is 2.32. The lowest BCUT2D eigenvalue weighted by Crippen LogP contribution is -2.42. The molecule has 1 saturated heterocycles. The van der Waals surface area contributed by atoms with E-state index in [0.29, 0.717) is 36.4 Å². The molecule has 0 unspecified atom stereocenters. The summed E-state index contributed by atoms with van der Waals surface area (Å²) in [5.41, 5.74) is 0. The molecule has 0 aromatic heterocycles. The van der Waals surface area contributed by atoms with Gasteiger partial charge in [-0.25, -0.2) is 8.42 Å². The molecule has 0 radical (unpaired) electrons. The predicted molar refractivity (Wildman–Crippen MR) is 81.2 cm³/mol. The number of ether oxygens (including phenoxy) is 2. The number of hydrogen-bond donors (Lipinski definition) is 0. The number of hydrogen-bond acceptors (Lipinski definition) is 4. The molecule has 1 aromatic carbocycles. The Morgan fingerprint density at radius 2 is 1.62 bits per heavy atom. The lowest BCUT2D eigenvalue weighted by Gasteiger charge is -2.34. The Morgan fingerprint density at radius 3 is 2.14 bits per heavy atom. The van der Waals surface area contributed by atoms with E-state index in [9.17, 15) is 8.42 Å². The van der Waals surface area contributed by atoms with Crippen LogP contribution >= 0.6 is 0 Å². The third-order valence-corrected chi connectivity index (χ3v) is 5.66. The first-order valence-electron chi connectivity index (χ1n) is 7.10. The van der Waals surface area contributed by atoms with Crippen LogP contribution in [0.15, 0.2) is 23.1 Å². The summed E-state index contributed by atoms with van der Waals surface area (Å²) in [7, 11) is -0.461. The average molecular weight is 313 g/mol. The fraction of sp³-hybridized carbons (Fsp3) is 0.600. The molecule has 1 aliphatic heterocycles. The highest BCUT2D eigenvalue weighted by molar-refractivity contribution is 7.89. The van der Waals surface area contributed by atoms with Crippen LogP contribution in [0.5, 0.6) is 11.5 Å². The molecule has 6 heteroatoms. The zero-order valence-electron chi connectivity index (χ0n) is 13.0. The second-order valence-electron chi connectivity index (χ2n) is 5.78. The number of nitrogens with zero attached hydrogens (tertiary/aromatic N) is 1. The first kappa shape index (κ1) is 16.1. The lowest BCUT2D eigenvalue weighted by molar-refractivity contribution is 0.222. The first-order valence-corrected chi connectivity index (χ1v) is 8.54. The van der Waals surface area contributed by atoms with Gasteiger partial charge in [0, 0.05) is 19.2 Å². The van der Waals surface area contributed by atoms with Crippen molar-refractivity contribution in [3.8, 4) is 11.5 Å². The molecule has 1 aromatic rings. The summed E-state index contributed by atoms with van der Waals surface area (Å²) < 4.78 is 37.5. The zero-order chi connectivity index (χ0) is 15.6. The van der Waals surface area contributed by atoms with Crippen molar-refractivity contribution in [2.24, 2.45) is 11.8 Å². The van der Waals surface area contributed by atoms with Gasteiger partial charge in [0.05, 0.1) is 19.1 Å². The standard InChI is InChI=1S/C15H23NO4S/c1-11-7-12(2)10-16(9-11)21(17,18)13-5-6-14(19-3)15(8-13)20-4/h5-6,8,11-12H,7,9-10H2,1-4H3/t11-,12-/m0/s1. The van der Waals surface area contributed by atoms with Crippen LogP contribution in [0, 0.1) is 11.8 Å². The quantitative estimate of drug-likeness (QED) is 0.856. The summed E-state index contributed by atoms with van der Waals surface area (Å²) in [6.07, 6.45) is 1.07. The van der Waals surface area contributed by atoms with E-state index in [1.807, 2.05) is 0 Å². The molecule has 0 amide bonds. The van der Waals surface area contributed by atoms with E-state index < -0.39 is 10.0 Å². The van der Waals surface area contributed by atoms with Gasteiger partial charge in [-0.2, -0.15) is 4.31 Å². The average Bonchev–Trinajstić information content (AvgIpc) is 2.45. The monoisotopic (exact) mass is 313 g/mol. The van der Waals surface area contributed by atoms with Crippen molar-refractivity contribution in [2.75, 3.05) is 27.3 Å². The van der Waals surface area contributed by atoms with Crippen molar-refractivity contribution in [2.45, 2.75) is 25.2 Å². The Hall–Kier alpha value is -1.27. The minimum absolute atomic E-state index is 0.251. The predicted octanol–water partition coefficient (Wildman–Crippen LogP) is 2.37. The third-order valence-electron chi connectivity index (χ3n) is 3.83. The molecule has 0 aliphatic carbocycles.